The molecule has 7 nitrogen and oxygen atoms in total. The van der Waals surface area contributed by atoms with Crippen LogP contribution in [0.1, 0.15) is 66.3 Å². The Balaban J connectivity index is 1.54. The van der Waals surface area contributed by atoms with E-state index >= 15 is 0 Å². The molecule has 0 saturated carbocycles. The molecule has 2 aromatic rings. The van der Waals surface area contributed by atoms with Gasteiger partial charge in [0.25, 0.3) is 5.91 Å². The van der Waals surface area contributed by atoms with Gasteiger partial charge in [-0.05, 0) is 39.0 Å². The van der Waals surface area contributed by atoms with Gasteiger partial charge in [0.1, 0.15) is 17.7 Å². The molecule has 134 valence electrons. The summed E-state index contributed by atoms with van der Waals surface area (Å²) >= 11 is 0. The maximum absolute atomic E-state index is 12.8. The lowest BCUT2D eigenvalue weighted by atomic mass is 9.96. The Kier molecular flexibility index (Phi) is 4.57. The summed E-state index contributed by atoms with van der Waals surface area (Å²) in [6.07, 6.45) is 9.21. The third-order valence-electron chi connectivity index (χ3n) is 5.15. The minimum absolute atomic E-state index is 0.107. The predicted octanol–water partition coefficient (Wildman–Crippen LogP) is 2.42. The minimum atomic E-state index is -0.227. The van der Waals surface area contributed by atoms with Crippen molar-refractivity contribution in [1.29, 1.82) is 0 Å². The van der Waals surface area contributed by atoms with Crippen molar-refractivity contribution in [2.45, 2.75) is 64.1 Å². The lowest BCUT2D eigenvalue weighted by Crippen LogP contribution is -2.44. The number of hydrogen-bond donors (Lipinski definition) is 1. The standard InChI is InChI=1S/C18H24N4O3/c1-2-22-10-9-19-17(22)16-13(7-5-11-24-16)20-18(23)15-12-6-3-4-8-14(12)25-21-15/h9-10,13,16H,2-8,11H2,1H3,(H,20,23)/t13-,16-/m0/s1. The fraction of sp³-hybridized carbons (Fsp3) is 0.611. The number of aryl methyl sites for hydroxylation is 2. The maximum Gasteiger partial charge on any atom is 0.274 e. The van der Waals surface area contributed by atoms with Crippen molar-refractivity contribution in [3.63, 3.8) is 0 Å². The summed E-state index contributed by atoms with van der Waals surface area (Å²) in [5.74, 6) is 1.58. The van der Waals surface area contributed by atoms with Crippen LogP contribution in [0.4, 0.5) is 0 Å². The van der Waals surface area contributed by atoms with E-state index in [1.165, 1.54) is 0 Å². The van der Waals surface area contributed by atoms with Gasteiger partial charge < -0.3 is 19.1 Å². The van der Waals surface area contributed by atoms with E-state index in [0.717, 1.165) is 62.2 Å². The lowest BCUT2D eigenvalue weighted by molar-refractivity contribution is -0.0164. The van der Waals surface area contributed by atoms with E-state index in [1.807, 2.05) is 6.20 Å². The van der Waals surface area contributed by atoms with Crippen molar-refractivity contribution >= 4 is 5.91 Å². The van der Waals surface area contributed by atoms with E-state index in [1.54, 1.807) is 6.20 Å². The quantitative estimate of drug-likeness (QED) is 0.921. The van der Waals surface area contributed by atoms with Crippen molar-refractivity contribution in [1.82, 2.24) is 20.0 Å². The third kappa shape index (κ3) is 3.08. The van der Waals surface area contributed by atoms with Gasteiger partial charge in [-0.25, -0.2) is 4.98 Å². The van der Waals surface area contributed by atoms with Gasteiger partial charge in [-0.15, -0.1) is 0 Å². The number of amides is 1. The zero-order valence-electron chi connectivity index (χ0n) is 14.5. The second-order valence-electron chi connectivity index (χ2n) is 6.73. The van der Waals surface area contributed by atoms with Crippen LogP contribution in [0, 0.1) is 0 Å². The van der Waals surface area contributed by atoms with Crippen LogP contribution in [0.3, 0.4) is 0 Å². The van der Waals surface area contributed by atoms with Crippen molar-refractivity contribution in [3.8, 4) is 0 Å². The number of imidazole rings is 1. The monoisotopic (exact) mass is 344 g/mol. The highest BCUT2D eigenvalue weighted by Crippen LogP contribution is 2.29. The molecule has 3 heterocycles. The van der Waals surface area contributed by atoms with E-state index in [2.05, 4.69) is 26.9 Å². The fourth-order valence-corrected chi connectivity index (χ4v) is 3.83. The first-order chi connectivity index (χ1) is 12.3. The Bertz CT molecular complexity index is 751. The molecule has 4 rings (SSSR count). The topological polar surface area (TPSA) is 82.2 Å². The van der Waals surface area contributed by atoms with E-state index in [9.17, 15) is 4.79 Å². The molecule has 25 heavy (non-hydrogen) atoms. The van der Waals surface area contributed by atoms with Gasteiger partial charge in [-0.1, -0.05) is 5.16 Å². The maximum atomic E-state index is 12.8. The molecular weight excluding hydrogens is 320 g/mol. The molecule has 0 unspecified atom stereocenters. The van der Waals surface area contributed by atoms with E-state index in [0.29, 0.717) is 12.3 Å². The number of nitrogens with zero attached hydrogens (tertiary/aromatic N) is 3. The lowest BCUT2D eigenvalue weighted by Gasteiger charge is -2.32. The third-order valence-corrected chi connectivity index (χ3v) is 5.15. The highest BCUT2D eigenvalue weighted by atomic mass is 16.5. The Morgan fingerprint density at radius 2 is 2.24 bits per heavy atom. The van der Waals surface area contributed by atoms with Gasteiger partial charge in [-0.2, -0.15) is 0 Å². The van der Waals surface area contributed by atoms with Crippen LogP contribution in [0.25, 0.3) is 0 Å². The minimum Gasteiger partial charge on any atom is -0.368 e. The second-order valence-corrected chi connectivity index (χ2v) is 6.73. The average molecular weight is 344 g/mol. The molecule has 1 aliphatic heterocycles. The Morgan fingerprint density at radius 3 is 3.12 bits per heavy atom. The number of carbonyl (C=O) groups is 1. The Labute approximate surface area is 146 Å². The first-order valence-corrected chi connectivity index (χ1v) is 9.19. The number of aromatic nitrogens is 3. The largest absolute Gasteiger partial charge is 0.368 e. The van der Waals surface area contributed by atoms with Crippen LogP contribution in [-0.2, 0) is 24.1 Å². The van der Waals surface area contributed by atoms with Crippen LogP contribution in [0.2, 0.25) is 0 Å². The van der Waals surface area contributed by atoms with Crippen molar-refractivity contribution in [2.75, 3.05) is 6.61 Å². The summed E-state index contributed by atoms with van der Waals surface area (Å²) in [5.41, 5.74) is 1.42. The number of carbonyl (C=O) groups excluding carboxylic acids is 1. The van der Waals surface area contributed by atoms with Crippen LogP contribution in [-0.4, -0.2) is 33.3 Å². The molecule has 1 amide bonds. The van der Waals surface area contributed by atoms with Crippen molar-refractivity contribution < 1.29 is 14.1 Å². The first kappa shape index (κ1) is 16.3. The van der Waals surface area contributed by atoms with Gasteiger partial charge >= 0.3 is 0 Å². The number of rotatable bonds is 4. The zero-order valence-corrected chi connectivity index (χ0v) is 14.5. The highest BCUT2D eigenvalue weighted by molar-refractivity contribution is 5.94. The van der Waals surface area contributed by atoms with Crippen molar-refractivity contribution in [2.24, 2.45) is 0 Å². The molecule has 1 saturated heterocycles. The average Bonchev–Trinajstić information content (AvgIpc) is 3.29. The highest BCUT2D eigenvalue weighted by Gasteiger charge is 2.33. The number of ether oxygens (including phenoxy) is 1. The normalized spacial score (nSPS) is 23.2. The fourth-order valence-electron chi connectivity index (χ4n) is 3.83. The molecule has 1 N–H and O–H groups in total. The SMILES string of the molecule is CCn1ccnc1[C@H]1OCCC[C@@H]1NC(=O)c1noc2c1CCCC2. The second kappa shape index (κ2) is 7.00. The van der Waals surface area contributed by atoms with Crippen molar-refractivity contribution in [3.05, 3.63) is 35.2 Å². The summed E-state index contributed by atoms with van der Waals surface area (Å²) < 4.78 is 13.4. The zero-order chi connectivity index (χ0) is 17.2. The number of hydrogen-bond acceptors (Lipinski definition) is 5. The van der Waals surface area contributed by atoms with Crippen LogP contribution in [0.15, 0.2) is 16.9 Å². The summed E-state index contributed by atoms with van der Waals surface area (Å²) in [4.78, 5) is 17.3. The summed E-state index contributed by atoms with van der Waals surface area (Å²) in [6.45, 7) is 3.59. The summed E-state index contributed by atoms with van der Waals surface area (Å²) in [5, 5.41) is 7.16. The molecule has 1 aliphatic carbocycles. The van der Waals surface area contributed by atoms with Gasteiger partial charge in [0.05, 0.1) is 6.04 Å². The van der Waals surface area contributed by atoms with Gasteiger partial charge in [0.15, 0.2) is 5.69 Å². The molecule has 2 aromatic heterocycles. The molecule has 0 aromatic carbocycles. The van der Waals surface area contributed by atoms with Gasteiger partial charge in [-0.3, -0.25) is 4.79 Å². The molecule has 0 bridgehead atoms. The first-order valence-electron chi connectivity index (χ1n) is 9.19. The Morgan fingerprint density at radius 1 is 1.36 bits per heavy atom. The summed E-state index contributed by atoms with van der Waals surface area (Å²) in [7, 11) is 0. The molecule has 2 atom stereocenters. The Hall–Kier alpha value is -2.15. The molecule has 0 spiro atoms. The molecule has 7 heteroatoms. The smallest absolute Gasteiger partial charge is 0.274 e. The van der Waals surface area contributed by atoms with E-state index in [4.69, 9.17) is 9.26 Å². The molecule has 2 aliphatic rings. The van der Waals surface area contributed by atoms with Crippen LogP contribution >= 0.6 is 0 Å². The molecule has 0 radical (unpaired) electrons. The number of fused-ring (bicyclic) bond motifs is 1. The van der Waals surface area contributed by atoms with Gasteiger partial charge in [0, 0.05) is 37.5 Å². The van der Waals surface area contributed by atoms with Crippen LogP contribution in [0.5, 0.6) is 0 Å². The number of nitrogens with one attached hydrogen (secondary N) is 1. The summed E-state index contributed by atoms with van der Waals surface area (Å²) in [6, 6.07) is -0.107. The van der Waals surface area contributed by atoms with E-state index in [-0.39, 0.29) is 18.1 Å². The van der Waals surface area contributed by atoms with Crippen LogP contribution < -0.4 is 5.32 Å². The van der Waals surface area contributed by atoms with E-state index < -0.39 is 0 Å². The molecule has 1 fully saturated rings. The molecular formula is C18H24N4O3. The predicted molar refractivity (Wildman–Crippen MR) is 90.2 cm³/mol. The van der Waals surface area contributed by atoms with Gasteiger partial charge in [0.2, 0.25) is 0 Å².